The Hall–Kier alpha value is -0.570. The Morgan fingerprint density at radius 1 is 1.23 bits per heavy atom. The molecule has 1 N–H and O–H groups in total. The minimum Gasteiger partial charge on any atom is -0.356 e. The monoisotopic (exact) mass is 561 g/mol. The highest BCUT2D eigenvalue weighted by molar-refractivity contribution is 14.0. The average Bonchev–Trinajstić information content (AvgIpc) is 3.21. The molecule has 0 amide bonds. The summed E-state index contributed by atoms with van der Waals surface area (Å²) in [5, 5.41) is 4.54. The maximum atomic E-state index is 6.30. The molecular weight excluding hydrogens is 521 g/mol. The van der Waals surface area contributed by atoms with Crippen LogP contribution in [-0.4, -0.2) is 80.6 Å². The van der Waals surface area contributed by atoms with Gasteiger partial charge in [0.25, 0.3) is 0 Å². The lowest BCUT2D eigenvalue weighted by Crippen LogP contribution is -2.46. The summed E-state index contributed by atoms with van der Waals surface area (Å²) in [6.07, 6.45) is 3.73. The molecule has 1 aromatic rings. The Labute approximate surface area is 211 Å². The van der Waals surface area contributed by atoms with Crippen LogP contribution in [0.4, 0.5) is 0 Å². The first-order chi connectivity index (χ1) is 14.5. The standard InChI is InChI=1S/C24H40ClN5.HI/c1-5-29(6-2)17-19-12-14-30(18-19)24(26-3)27-16-21-10-8-13-28(4)23(21)20-9-7-11-22(25)15-20;/h7,9,11,15,19,21,23H,5-6,8,10,12-14,16-18H2,1-4H3,(H,26,27);1H. The summed E-state index contributed by atoms with van der Waals surface area (Å²) in [5.74, 6) is 2.35. The van der Waals surface area contributed by atoms with Crippen LogP contribution in [0.2, 0.25) is 5.02 Å². The molecule has 31 heavy (non-hydrogen) atoms. The van der Waals surface area contributed by atoms with Gasteiger partial charge in [-0.25, -0.2) is 0 Å². The maximum Gasteiger partial charge on any atom is 0.193 e. The van der Waals surface area contributed by atoms with Gasteiger partial charge in [-0.3, -0.25) is 9.89 Å². The molecule has 7 heteroatoms. The highest BCUT2D eigenvalue weighted by atomic mass is 127. The molecule has 5 nitrogen and oxygen atoms in total. The molecule has 2 aliphatic rings. The summed E-state index contributed by atoms with van der Waals surface area (Å²) in [6.45, 7) is 12.3. The van der Waals surface area contributed by atoms with Gasteiger partial charge in [0.1, 0.15) is 0 Å². The second-order valence-electron chi connectivity index (χ2n) is 8.90. The number of aliphatic imine (C=N–C) groups is 1. The van der Waals surface area contributed by atoms with E-state index in [2.05, 4.69) is 64.1 Å². The Bertz CT molecular complexity index is 696. The van der Waals surface area contributed by atoms with Crippen LogP contribution in [0.15, 0.2) is 29.3 Å². The quantitative estimate of drug-likeness (QED) is 0.300. The minimum absolute atomic E-state index is 0. The zero-order valence-corrected chi connectivity index (χ0v) is 22.8. The summed E-state index contributed by atoms with van der Waals surface area (Å²) in [4.78, 5) is 12.1. The molecule has 0 saturated carbocycles. The van der Waals surface area contributed by atoms with E-state index in [4.69, 9.17) is 11.6 Å². The van der Waals surface area contributed by atoms with Gasteiger partial charge >= 0.3 is 0 Å². The highest BCUT2D eigenvalue weighted by Crippen LogP contribution is 2.35. The van der Waals surface area contributed by atoms with Gasteiger partial charge in [-0.2, -0.15) is 0 Å². The lowest BCUT2D eigenvalue weighted by atomic mass is 9.85. The average molecular weight is 562 g/mol. The van der Waals surface area contributed by atoms with Crippen LogP contribution in [0.25, 0.3) is 0 Å². The molecule has 1 aromatic carbocycles. The van der Waals surface area contributed by atoms with Crippen LogP contribution in [0.1, 0.15) is 44.7 Å². The first kappa shape index (κ1) is 26.7. The largest absolute Gasteiger partial charge is 0.356 e. The first-order valence-corrected chi connectivity index (χ1v) is 12.1. The van der Waals surface area contributed by atoms with E-state index in [0.29, 0.717) is 12.0 Å². The van der Waals surface area contributed by atoms with Crippen LogP contribution in [0, 0.1) is 11.8 Å². The number of nitrogens with one attached hydrogen (secondary N) is 1. The maximum absolute atomic E-state index is 6.30. The number of rotatable bonds is 7. The van der Waals surface area contributed by atoms with E-state index in [1.54, 1.807) is 0 Å². The molecule has 176 valence electrons. The molecule has 2 aliphatic heterocycles. The summed E-state index contributed by atoms with van der Waals surface area (Å²) < 4.78 is 0. The number of hydrogen-bond donors (Lipinski definition) is 1. The molecule has 2 saturated heterocycles. The van der Waals surface area contributed by atoms with Gasteiger partial charge in [-0.1, -0.05) is 37.6 Å². The summed E-state index contributed by atoms with van der Waals surface area (Å²) in [6, 6.07) is 8.79. The van der Waals surface area contributed by atoms with Gasteiger partial charge in [-0.05, 0) is 75.5 Å². The highest BCUT2D eigenvalue weighted by Gasteiger charge is 2.32. The number of likely N-dealkylation sites (tertiary alicyclic amines) is 2. The van der Waals surface area contributed by atoms with Crippen molar-refractivity contribution in [2.45, 2.75) is 39.2 Å². The van der Waals surface area contributed by atoms with Crippen molar-refractivity contribution in [3.05, 3.63) is 34.9 Å². The third kappa shape index (κ3) is 7.21. The number of nitrogens with zero attached hydrogens (tertiary/aromatic N) is 4. The van der Waals surface area contributed by atoms with Crippen molar-refractivity contribution in [1.82, 2.24) is 20.0 Å². The van der Waals surface area contributed by atoms with E-state index in [1.807, 2.05) is 13.1 Å². The summed E-state index contributed by atoms with van der Waals surface area (Å²) >= 11 is 6.30. The molecule has 3 unspecified atom stereocenters. The summed E-state index contributed by atoms with van der Waals surface area (Å²) in [5.41, 5.74) is 1.33. The fraction of sp³-hybridized carbons (Fsp3) is 0.708. The van der Waals surface area contributed by atoms with Gasteiger partial charge in [-0.15, -0.1) is 24.0 Å². The number of benzene rings is 1. The van der Waals surface area contributed by atoms with E-state index < -0.39 is 0 Å². The predicted molar refractivity (Wildman–Crippen MR) is 144 cm³/mol. The Balaban J connectivity index is 0.00000341. The minimum atomic E-state index is 0. The van der Waals surface area contributed by atoms with Crippen molar-refractivity contribution in [2.24, 2.45) is 16.8 Å². The molecule has 0 bridgehead atoms. The fourth-order valence-electron chi connectivity index (χ4n) is 5.27. The van der Waals surface area contributed by atoms with Crippen molar-refractivity contribution in [2.75, 3.05) is 59.9 Å². The van der Waals surface area contributed by atoms with Crippen molar-refractivity contribution in [3.8, 4) is 0 Å². The van der Waals surface area contributed by atoms with E-state index in [9.17, 15) is 0 Å². The molecule has 2 heterocycles. The predicted octanol–water partition coefficient (Wildman–Crippen LogP) is 4.58. The molecule has 3 atom stereocenters. The van der Waals surface area contributed by atoms with E-state index in [1.165, 1.54) is 31.4 Å². The first-order valence-electron chi connectivity index (χ1n) is 11.7. The van der Waals surface area contributed by atoms with Gasteiger partial charge in [0.2, 0.25) is 0 Å². The van der Waals surface area contributed by atoms with Gasteiger partial charge in [0.15, 0.2) is 5.96 Å². The Kier molecular flexibility index (Phi) is 11.4. The van der Waals surface area contributed by atoms with Crippen molar-refractivity contribution in [3.63, 3.8) is 0 Å². The van der Waals surface area contributed by atoms with Crippen molar-refractivity contribution < 1.29 is 0 Å². The van der Waals surface area contributed by atoms with Gasteiger partial charge < -0.3 is 15.1 Å². The third-order valence-corrected chi connectivity index (χ3v) is 7.16. The summed E-state index contributed by atoms with van der Waals surface area (Å²) in [7, 11) is 4.16. The molecule has 0 radical (unpaired) electrons. The SMILES string of the molecule is CCN(CC)CC1CCN(C(=NC)NCC2CCCN(C)C2c2cccc(Cl)c2)C1.I. The second-order valence-corrected chi connectivity index (χ2v) is 9.33. The molecule has 0 spiro atoms. The van der Waals surface area contributed by atoms with Crippen LogP contribution < -0.4 is 5.32 Å². The van der Waals surface area contributed by atoms with E-state index in [0.717, 1.165) is 56.2 Å². The topological polar surface area (TPSA) is 34.1 Å². The molecule has 3 rings (SSSR count). The Morgan fingerprint density at radius 2 is 2.00 bits per heavy atom. The Morgan fingerprint density at radius 3 is 2.68 bits per heavy atom. The normalized spacial score (nSPS) is 25.0. The number of guanidine groups is 1. The number of piperidine rings is 1. The van der Waals surface area contributed by atoms with Crippen molar-refractivity contribution >= 4 is 41.5 Å². The van der Waals surface area contributed by atoms with E-state index in [-0.39, 0.29) is 24.0 Å². The zero-order valence-electron chi connectivity index (χ0n) is 19.7. The zero-order chi connectivity index (χ0) is 21.5. The van der Waals surface area contributed by atoms with Crippen LogP contribution >= 0.6 is 35.6 Å². The number of hydrogen-bond acceptors (Lipinski definition) is 3. The van der Waals surface area contributed by atoms with Crippen LogP contribution in [0.3, 0.4) is 0 Å². The van der Waals surface area contributed by atoms with Crippen molar-refractivity contribution in [1.29, 1.82) is 0 Å². The molecule has 0 aliphatic carbocycles. The molecule has 0 aromatic heterocycles. The lowest BCUT2D eigenvalue weighted by Gasteiger charge is -2.40. The molecular formula is C24H41ClIN5. The number of halogens is 2. The van der Waals surface area contributed by atoms with Crippen LogP contribution in [0.5, 0.6) is 0 Å². The molecule has 2 fully saturated rings. The van der Waals surface area contributed by atoms with Gasteiger partial charge in [0, 0.05) is 44.3 Å². The van der Waals surface area contributed by atoms with Crippen LogP contribution in [-0.2, 0) is 0 Å². The fourth-order valence-corrected chi connectivity index (χ4v) is 5.47. The smallest absolute Gasteiger partial charge is 0.193 e. The third-order valence-electron chi connectivity index (χ3n) is 6.93. The lowest BCUT2D eigenvalue weighted by molar-refractivity contribution is 0.122. The second kappa shape index (κ2) is 13.2. The van der Waals surface area contributed by atoms with E-state index >= 15 is 0 Å². The van der Waals surface area contributed by atoms with Gasteiger partial charge in [0.05, 0.1) is 0 Å².